The molecule has 0 atom stereocenters. The van der Waals surface area contributed by atoms with Crippen LogP contribution in [0.2, 0.25) is 0 Å². The molecule has 6 heteroatoms. The van der Waals surface area contributed by atoms with Gasteiger partial charge in [0.25, 0.3) is 5.56 Å². The fourth-order valence-corrected chi connectivity index (χ4v) is 3.05. The second-order valence-corrected chi connectivity index (χ2v) is 5.93. The van der Waals surface area contributed by atoms with E-state index in [4.69, 9.17) is 5.73 Å². The van der Waals surface area contributed by atoms with E-state index in [0.29, 0.717) is 24.0 Å². The number of carbonyl (C=O) groups excluding carboxylic acids is 3. The largest absolute Gasteiger partial charge is 0.366 e. The van der Waals surface area contributed by atoms with E-state index in [9.17, 15) is 19.2 Å². The summed E-state index contributed by atoms with van der Waals surface area (Å²) < 4.78 is 1.19. The van der Waals surface area contributed by atoms with Crippen LogP contribution in [0.1, 0.15) is 53.1 Å². The van der Waals surface area contributed by atoms with Crippen LogP contribution in [-0.4, -0.2) is 22.0 Å². The monoisotopic (exact) mass is 328 g/mol. The molecule has 0 saturated carbocycles. The Morgan fingerprint density at radius 3 is 2.38 bits per heavy atom. The molecule has 0 bridgehead atoms. The predicted molar refractivity (Wildman–Crippen MR) is 90.0 cm³/mol. The number of Topliss-reactive ketones (excluding diaryl/α,β-unsaturated/α-hetero) is 2. The highest BCUT2D eigenvalue weighted by Crippen LogP contribution is 2.32. The van der Waals surface area contributed by atoms with Gasteiger partial charge in [-0.15, -0.1) is 0 Å². The number of hydrogen-bond acceptors (Lipinski definition) is 4. The minimum Gasteiger partial charge on any atom is -0.366 e. The number of pyridine rings is 1. The maximum Gasteiger partial charge on any atom is 0.251 e. The van der Waals surface area contributed by atoms with Gasteiger partial charge in [0.15, 0.2) is 5.78 Å². The van der Waals surface area contributed by atoms with Crippen molar-refractivity contribution in [1.29, 1.82) is 0 Å². The molecular formula is C18H20N2O4. The molecule has 2 N–H and O–H groups in total. The molecule has 1 amide bonds. The van der Waals surface area contributed by atoms with Gasteiger partial charge in [-0.05, 0) is 31.4 Å². The van der Waals surface area contributed by atoms with E-state index < -0.39 is 5.91 Å². The SMILES string of the molecule is CCC/C(=C/C(N)=O)C1=C(C)C(=O)c2c(c(C)cc(=O)n2C)C1=O. The lowest BCUT2D eigenvalue weighted by Crippen LogP contribution is -2.32. The standard InChI is InChI=1S/C18H20N2O4/c1-5-6-11(8-12(19)21)15-10(3)17(23)16-14(18(15)24)9(2)7-13(22)20(16)4/h7-8H,5-6H2,1-4H3,(H2,19,21)/b11-8-. The highest BCUT2D eigenvalue weighted by atomic mass is 16.2. The highest BCUT2D eigenvalue weighted by Gasteiger charge is 2.34. The molecule has 2 rings (SSSR count). The van der Waals surface area contributed by atoms with Crippen LogP contribution in [0, 0.1) is 6.92 Å². The number of nitrogens with zero attached hydrogens (tertiary/aromatic N) is 1. The quantitative estimate of drug-likeness (QED) is 0.849. The molecule has 0 unspecified atom stereocenters. The Labute approximate surface area is 139 Å². The first-order valence-corrected chi connectivity index (χ1v) is 7.71. The van der Waals surface area contributed by atoms with Crippen LogP contribution in [-0.2, 0) is 11.8 Å². The minimum absolute atomic E-state index is 0.0983. The number of aromatic nitrogens is 1. The van der Waals surface area contributed by atoms with Crippen molar-refractivity contribution in [3.8, 4) is 0 Å². The zero-order valence-electron chi connectivity index (χ0n) is 14.2. The second kappa shape index (κ2) is 6.39. The van der Waals surface area contributed by atoms with E-state index >= 15 is 0 Å². The molecule has 1 heterocycles. The third-order valence-corrected chi connectivity index (χ3v) is 4.18. The van der Waals surface area contributed by atoms with Crippen molar-refractivity contribution in [2.75, 3.05) is 0 Å². The van der Waals surface area contributed by atoms with E-state index in [-0.39, 0.29) is 39.5 Å². The molecule has 1 aromatic heterocycles. The number of amides is 1. The van der Waals surface area contributed by atoms with E-state index in [0.717, 1.165) is 0 Å². The Bertz CT molecular complexity index is 885. The maximum atomic E-state index is 13.0. The lowest BCUT2D eigenvalue weighted by atomic mass is 9.81. The molecule has 0 saturated heterocycles. The Balaban J connectivity index is 2.80. The summed E-state index contributed by atoms with van der Waals surface area (Å²) in [6.07, 6.45) is 2.35. The summed E-state index contributed by atoms with van der Waals surface area (Å²) in [4.78, 5) is 49.1. The van der Waals surface area contributed by atoms with Crippen molar-refractivity contribution < 1.29 is 14.4 Å². The Hall–Kier alpha value is -2.76. The number of carbonyl (C=O) groups is 3. The predicted octanol–water partition coefficient (Wildman–Crippen LogP) is 1.60. The minimum atomic E-state index is -0.665. The van der Waals surface area contributed by atoms with Crippen LogP contribution in [0.4, 0.5) is 0 Å². The molecule has 0 spiro atoms. The molecule has 0 radical (unpaired) electrons. The van der Waals surface area contributed by atoms with E-state index in [2.05, 4.69) is 0 Å². The Kier molecular flexibility index (Phi) is 4.68. The zero-order valence-corrected chi connectivity index (χ0v) is 14.2. The van der Waals surface area contributed by atoms with Gasteiger partial charge >= 0.3 is 0 Å². The van der Waals surface area contributed by atoms with Crippen LogP contribution in [0.3, 0.4) is 0 Å². The van der Waals surface area contributed by atoms with Crippen molar-refractivity contribution in [2.45, 2.75) is 33.6 Å². The van der Waals surface area contributed by atoms with E-state index in [1.165, 1.54) is 30.7 Å². The van der Waals surface area contributed by atoms with Crippen molar-refractivity contribution in [2.24, 2.45) is 12.8 Å². The lowest BCUT2D eigenvalue weighted by Gasteiger charge is -2.23. The van der Waals surface area contributed by atoms with Gasteiger partial charge in [0.2, 0.25) is 11.7 Å². The fourth-order valence-electron chi connectivity index (χ4n) is 3.05. The number of rotatable bonds is 4. The van der Waals surface area contributed by atoms with Crippen molar-refractivity contribution in [1.82, 2.24) is 4.57 Å². The van der Waals surface area contributed by atoms with Crippen LogP contribution >= 0.6 is 0 Å². The molecule has 6 nitrogen and oxygen atoms in total. The fraction of sp³-hybridized carbons (Fsp3) is 0.333. The smallest absolute Gasteiger partial charge is 0.251 e. The van der Waals surface area contributed by atoms with Gasteiger partial charge in [0.1, 0.15) is 5.69 Å². The van der Waals surface area contributed by atoms with E-state index in [1.807, 2.05) is 6.92 Å². The zero-order chi connectivity index (χ0) is 18.2. The van der Waals surface area contributed by atoms with Crippen molar-refractivity contribution in [3.05, 3.63) is 56.0 Å². The van der Waals surface area contributed by atoms with Crippen LogP contribution < -0.4 is 11.3 Å². The number of fused-ring (bicyclic) bond motifs is 1. The maximum absolute atomic E-state index is 13.0. The topological polar surface area (TPSA) is 99.2 Å². The Morgan fingerprint density at radius 1 is 1.21 bits per heavy atom. The normalized spacial score (nSPS) is 14.9. The first kappa shape index (κ1) is 17.6. The van der Waals surface area contributed by atoms with Gasteiger partial charge in [-0.1, -0.05) is 13.3 Å². The summed E-state index contributed by atoms with van der Waals surface area (Å²) in [7, 11) is 1.47. The van der Waals surface area contributed by atoms with Gasteiger partial charge in [-0.3, -0.25) is 19.2 Å². The Morgan fingerprint density at radius 2 is 1.83 bits per heavy atom. The molecule has 1 aliphatic carbocycles. The number of aryl methyl sites for hydroxylation is 1. The number of nitrogens with two attached hydrogens (primary N) is 1. The molecule has 0 aliphatic heterocycles. The van der Waals surface area contributed by atoms with Gasteiger partial charge in [-0.2, -0.15) is 0 Å². The van der Waals surface area contributed by atoms with Gasteiger partial charge in [0, 0.05) is 30.3 Å². The molecule has 1 aromatic rings. The molecule has 24 heavy (non-hydrogen) atoms. The van der Waals surface area contributed by atoms with Gasteiger partial charge in [-0.25, -0.2) is 0 Å². The molecule has 1 aliphatic rings. The molecule has 0 aromatic carbocycles. The first-order chi connectivity index (χ1) is 11.2. The van der Waals surface area contributed by atoms with Crippen molar-refractivity contribution in [3.63, 3.8) is 0 Å². The van der Waals surface area contributed by atoms with Crippen LogP contribution in [0.25, 0.3) is 0 Å². The molecular weight excluding hydrogens is 308 g/mol. The summed E-state index contributed by atoms with van der Waals surface area (Å²) >= 11 is 0. The van der Waals surface area contributed by atoms with Gasteiger partial charge < -0.3 is 10.3 Å². The third kappa shape index (κ3) is 2.75. The second-order valence-electron chi connectivity index (χ2n) is 5.93. The molecule has 126 valence electrons. The highest BCUT2D eigenvalue weighted by molar-refractivity contribution is 6.28. The summed E-state index contributed by atoms with van der Waals surface area (Å²) in [5.41, 5.74) is 6.57. The average Bonchev–Trinajstić information content (AvgIpc) is 2.48. The number of ketones is 2. The number of primary amides is 1. The third-order valence-electron chi connectivity index (χ3n) is 4.18. The molecule has 0 fully saturated rings. The van der Waals surface area contributed by atoms with Crippen LogP contribution in [0.15, 0.2) is 33.7 Å². The summed E-state index contributed by atoms with van der Waals surface area (Å²) in [5, 5.41) is 0. The van der Waals surface area contributed by atoms with E-state index in [1.54, 1.807) is 6.92 Å². The number of hydrogen-bond donors (Lipinski definition) is 1. The van der Waals surface area contributed by atoms with Crippen LogP contribution in [0.5, 0.6) is 0 Å². The van der Waals surface area contributed by atoms with Gasteiger partial charge in [0.05, 0.1) is 5.56 Å². The van der Waals surface area contributed by atoms with Crippen molar-refractivity contribution >= 4 is 17.5 Å². The summed E-state index contributed by atoms with van der Waals surface area (Å²) in [6.45, 7) is 5.07. The average molecular weight is 328 g/mol. The first-order valence-electron chi connectivity index (χ1n) is 7.71. The summed E-state index contributed by atoms with van der Waals surface area (Å²) in [6, 6.07) is 1.33. The summed E-state index contributed by atoms with van der Waals surface area (Å²) in [5.74, 6) is -1.40. The number of allylic oxidation sites excluding steroid dienone is 3. The lowest BCUT2D eigenvalue weighted by molar-refractivity contribution is -0.113.